The van der Waals surface area contributed by atoms with Crippen LogP contribution in [0.25, 0.3) is 6.08 Å². The van der Waals surface area contributed by atoms with Crippen molar-refractivity contribution in [2.45, 2.75) is 20.4 Å². The molecule has 4 amide bonds. The molecule has 4 rings (SSSR count). The van der Waals surface area contributed by atoms with Gasteiger partial charge in [0, 0.05) is 5.69 Å². The first-order valence-corrected chi connectivity index (χ1v) is 12.6. The van der Waals surface area contributed by atoms with Crippen LogP contribution in [0.1, 0.15) is 23.6 Å². The highest BCUT2D eigenvalue weighted by molar-refractivity contribution is 9.10. The molecule has 0 aromatic heterocycles. The molecule has 38 heavy (non-hydrogen) atoms. The maximum absolute atomic E-state index is 13.1. The third-order valence-corrected chi connectivity index (χ3v) is 6.13. The van der Waals surface area contributed by atoms with Gasteiger partial charge in [-0.05, 0) is 83.4 Å². The van der Waals surface area contributed by atoms with E-state index in [0.717, 1.165) is 16.0 Å². The van der Waals surface area contributed by atoms with Crippen molar-refractivity contribution in [3.63, 3.8) is 0 Å². The molecule has 2 N–H and O–H groups in total. The maximum atomic E-state index is 13.1. The Hall–Kier alpha value is -4.18. The van der Waals surface area contributed by atoms with Gasteiger partial charge in [0.05, 0.1) is 17.6 Å². The van der Waals surface area contributed by atoms with Crippen molar-refractivity contribution in [3.8, 4) is 11.5 Å². The number of carbonyl (C=O) groups excluding carboxylic acids is 3. The van der Waals surface area contributed by atoms with Gasteiger partial charge in [-0.3, -0.25) is 14.5 Å². The van der Waals surface area contributed by atoms with E-state index in [-0.39, 0.29) is 18.8 Å². The van der Waals surface area contributed by atoms with E-state index in [0.29, 0.717) is 33.8 Å². The quantitative estimate of drug-likeness (QED) is 0.260. The van der Waals surface area contributed by atoms with Crippen molar-refractivity contribution < 1.29 is 28.2 Å². The number of nitrogens with zero attached hydrogens (tertiary/aromatic N) is 1. The Balaban J connectivity index is 1.48. The minimum absolute atomic E-state index is 0.129. The van der Waals surface area contributed by atoms with Gasteiger partial charge in [0.25, 0.3) is 11.8 Å². The molecule has 1 heterocycles. The van der Waals surface area contributed by atoms with E-state index in [4.69, 9.17) is 9.47 Å². The number of amides is 4. The molecule has 1 aliphatic rings. The molecule has 1 saturated heterocycles. The highest BCUT2D eigenvalue weighted by Crippen LogP contribution is 2.37. The Labute approximate surface area is 227 Å². The lowest BCUT2D eigenvalue weighted by atomic mass is 10.1. The summed E-state index contributed by atoms with van der Waals surface area (Å²) in [4.78, 5) is 38.9. The van der Waals surface area contributed by atoms with Crippen molar-refractivity contribution in [2.75, 3.05) is 18.5 Å². The van der Waals surface area contributed by atoms with Crippen molar-refractivity contribution >= 4 is 45.5 Å². The van der Waals surface area contributed by atoms with Crippen molar-refractivity contribution in [2.24, 2.45) is 0 Å². The predicted molar refractivity (Wildman–Crippen MR) is 144 cm³/mol. The molecule has 0 unspecified atom stereocenters. The molecule has 196 valence electrons. The Morgan fingerprint density at radius 2 is 1.79 bits per heavy atom. The van der Waals surface area contributed by atoms with Gasteiger partial charge >= 0.3 is 6.03 Å². The number of aryl methyl sites for hydroxylation is 1. The summed E-state index contributed by atoms with van der Waals surface area (Å²) in [6.45, 7) is 3.92. The summed E-state index contributed by atoms with van der Waals surface area (Å²) in [5.41, 5.74) is 3.06. The molecule has 0 radical (unpaired) electrons. The van der Waals surface area contributed by atoms with Crippen LogP contribution < -0.4 is 20.1 Å². The smallest absolute Gasteiger partial charge is 0.329 e. The maximum Gasteiger partial charge on any atom is 0.329 e. The molecule has 0 bridgehead atoms. The number of urea groups is 1. The highest BCUT2D eigenvalue weighted by Gasteiger charge is 2.33. The normalized spacial score (nSPS) is 14.0. The van der Waals surface area contributed by atoms with E-state index in [2.05, 4.69) is 26.6 Å². The molecule has 3 aromatic rings. The summed E-state index contributed by atoms with van der Waals surface area (Å²) < 4.78 is 25.0. The summed E-state index contributed by atoms with van der Waals surface area (Å²) in [6, 6.07) is 15.8. The number of hydrogen-bond acceptors (Lipinski definition) is 5. The standard InChI is InChI=1S/C28H25BrFN3O5/c1-3-37-24-14-19(12-22(29)26(24)38-16-25(34)31-21-10-8-20(30)9-11-21)13-23-27(35)33(28(36)32-23)15-18-6-4-17(2)5-7-18/h4-14H,3,15-16H2,1-2H3,(H,31,34)(H,32,36)/b23-13+. The van der Waals surface area contributed by atoms with Crippen LogP contribution in [0.15, 0.2) is 70.8 Å². The number of ether oxygens (including phenoxy) is 2. The third kappa shape index (κ3) is 6.57. The van der Waals surface area contributed by atoms with Crippen LogP contribution in [-0.4, -0.2) is 36.0 Å². The minimum atomic E-state index is -0.502. The fourth-order valence-corrected chi connectivity index (χ4v) is 4.27. The Kier molecular flexibility index (Phi) is 8.42. The summed E-state index contributed by atoms with van der Waals surface area (Å²) in [5.74, 6) is -0.646. The zero-order chi connectivity index (χ0) is 27.2. The van der Waals surface area contributed by atoms with Crippen LogP contribution >= 0.6 is 15.9 Å². The second kappa shape index (κ2) is 11.9. The van der Waals surface area contributed by atoms with Gasteiger partial charge in [-0.15, -0.1) is 0 Å². The SMILES string of the molecule is CCOc1cc(/C=C2/NC(=O)N(Cc3ccc(C)cc3)C2=O)cc(Br)c1OCC(=O)Nc1ccc(F)cc1. The molecular weight excluding hydrogens is 557 g/mol. The predicted octanol–water partition coefficient (Wildman–Crippen LogP) is 5.41. The minimum Gasteiger partial charge on any atom is -0.490 e. The molecule has 0 saturated carbocycles. The Bertz CT molecular complexity index is 1390. The van der Waals surface area contributed by atoms with Gasteiger partial charge in [-0.1, -0.05) is 29.8 Å². The summed E-state index contributed by atoms with van der Waals surface area (Å²) in [7, 11) is 0. The zero-order valence-electron chi connectivity index (χ0n) is 20.7. The number of anilines is 1. The number of halogens is 2. The average Bonchev–Trinajstić information content (AvgIpc) is 3.13. The molecule has 0 spiro atoms. The molecule has 1 aliphatic heterocycles. The fourth-order valence-electron chi connectivity index (χ4n) is 3.70. The van der Waals surface area contributed by atoms with Gasteiger partial charge < -0.3 is 20.1 Å². The molecule has 8 nitrogen and oxygen atoms in total. The number of rotatable bonds is 9. The van der Waals surface area contributed by atoms with Crippen LogP contribution in [0, 0.1) is 12.7 Å². The fraction of sp³-hybridized carbons (Fsp3) is 0.179. The van der Waals surface area contributed by atoms with Crippen LogP contribution in [0.2, 0.25) is 0 Å². The number of hydrogen-bond donors (Lipinski definition) is 2. The second-order valence-electron chi connectivity index (χ2n) is 8.47. The molecular formula is C28H25BrFN3O5. The topological polar surface area (TPSA) is 97.0 Å². The van der Waals surface area contributed by atoms with E-state index in [1.807, 2.05) is 31.2 Å². The first-order chi connectivity index (χ1) is 18.2. The Morgan fingerprint density at radius 3 is 2.47 bits per heavy atom. The molecule has 1 fully saturated rings. The zero-order valence-corrected chi connectivity index (χ0v) is 22.3. The van der Waals surface area contributed by atoms with Gasteiger partial charge in [-0.25, -0.2) is 9.18 Å². The van der Waals surface area contributed by atoms with Gasteiger partial charge in [0.1, 0.15) is 11.5 Å². The molecule has 0 atom stereocenters. The number of nitrogens with one attached hydrogen (secondary N) is 2. The second-order valence-corrected chi connectivity index (χ2v) is 9.33. The van der Waals surface area contributed by atoms with Crippen LogP contribution in [0.4, 0.5) is 14.9 Å². The number of carbonyl (C=O) groups is 3. The monoisotopic (exact) mass is 581 g/mol. The molecule has 3 aromatic carbocycles. The van der Waals surface area contributed by atoms with E-state index < -0.39 is 23.7 Å². The van der Waals surface area contributed by atoms with Crippen LogP contribution in [-0.2, 0) is 16.1 Å². The van der Waals surface area contributed by atoms with E-state index >= 15 is 0 Å². The number of benzene rings is 3. The van der Waals surface area contributed by atoms with Crippen LogP contribution in [0.5, 0.6) is 11.5 Å². The summed E-state index contributed by atoms with van der Waals surface area (Å²) >= 11 is 3.44. The number of imide groups is 1. The van der Waals surface area contributed by atoms with Crippen molar-refractivity contribution in [3.05, 3.63) is 93.3 Å². The lowest BCUT2D eigenvalue weighted by Crippen LogP contribution is -2.30. The first-order valence-electron chi connectivity index (χ1n) is 11.8. The van der Waals surface area contributed by atoms with Gasteiger partial charge in [0.2, 0.25) is 0 Å². The van der Waals surface area contributed by atoms with E-state index in [1.165, 1.54) is 24.3 Å². The van der Waals surface area contributed by atoms with Crippen molar-refractivity contribution in [1.82, 2.24) is 10.2 Å². The van der Waals surface area contributed by atoms with Crippen molar-refractivity contribution in [1.29, 1.82) is 0 Å². The largest absolute Gasteiger partial charge is 0.490 e. The Morgan fingerprint density at radius 1 is 1.08 bits per heavy atom. The third-order valence-electron chi connectivity index (χ3n) is 5.54. The van der Waals surface area contributed by atoms with E-state index in [1.54, 1.807) is 25.1 Å². The van der Waals surface area contributed by atoms with Gasteiger partial charge in [0.15, 0.2) is 18.1 Å². The molecule has 0 aliphatic carbocycles. The lowest BCUT2D eigenvalue weighted by molar-refractivity contribution is -0.123. The van der Waals surface area contributed by atoms with Crippen LogP contribution in [0.3, 0.4) is 0 Å². The summed E-state index contributed by atoms with van der Waals surface area (Å²) in [5, 5.41) is 5.25. The highest BCUT2D eigenvalue weighted by atomic mass is 79.9. The van der Waals surface area contributed by atoms with E-state index in [9.17, 15) is 18.8 Å². The summed E-state index contributed by atoms with van der Waals surface area (Å²) in [6.07, 6.45) is 1.55. The molecule has 10 heteroatoms. The average molecular weight is 582 g/mol. The lowest BCUT2D eigenvalue weighted by Gasteiger charge is -2.15. The van der Waals surface area contributed by atoms with Gasteiger partial charge in [-0.2, -0.15) is 0 Å². The first kappa shape index (κ1) is 26.9.